The Kier molecular flexibility index (Phi) is 8.93. The van der Waals surface area contributed by atoms with E-state index in [4.69, 9.17) is 9.47 Å². The van der Waals surface area contributed by atoms with Crippen LogP contribution >= 0.6 is 15.9 Å². The Morgan fingerprint density at radius 3 is 2.57 bits per heavy atom. The summed E-state index contributed by atoms with van der Waals surface area (Å²) in [5.41, 5.74) is 1.70. The summed E-state index contributed by atoms with van der Waals surface area (Å²) in [7, 11) is 0. The molecule has 2 aromatic rings. The van der Waals surface area contributed by atoms with Gasteiger partial charge in [0.25, 0.3) is 5.91 Å². The number of aliphatic hydroxyl groups is 1. The molecule has 4 aliphatic rings. The van der Waals surface area contributed by atoms with Crippen molar-refractivity contribution < 1.29 is 33.8 Å². The van der Waals surface area contributed by atoms with Gasteiger partial charge in [-0.15, -0.1) is 0 Å². The van der Waals surface area contributed by atoms with Gasteiger partial charge in [0.1, 0.15) is 29.8 Å². The highest BCUT2D eigenvalue weighted by Crippen LogP contribution is 2.59. The van der Waals surface area contributed by atoms with Gasteiger partial charge in [-0.05, 0) is 56.0 Å². The van der Waals surface area contributed by atoms with Crippen LogP contribution < -0.4 is 10.2 Å². The number of ether oxygens (including phenoxy) is 2. The molecule has 5 bridgehead atoms. The number of anilines is 1. The SMILES string of the molecule is Cc1ccc(C)c(N2C/C=C\CCC(=O)NC[C@@H](c3ccccc3)OC(=O)[C@@H]3[C@H]4O[C@@]5(C=C4Br)[C@H](C2=O)N([C@H](C)CO)C(=O)[C@@H]35)c1. The van der Waals surface area contributed by atoms with Crippen LogP contribution in [0, 0.1) is 25.7 Å². The van der Waals surface area contributed by atoms with Gasteiger partial charge < -0.3 is 29.7 Å². The number of likely N-dealkylation sites (tertiary alicyclic amines) is 1. The highest BCUT2D eigenvalue weighted by Gasteiger charge is 2.75. The minimum atomic E-state index is -1.48. The van der Waals surface area contributed by atoms with Crippen molar-refractivity contribution in [1.82, 2.24) is 10.2 Å². The molecule has 242 valence electrons. The van der Waals surface area contributed by atoms with E-state index in [0.717, 1.165) is 11.1 Å². The summed E-state index contributed by atoms with van der Waals surface area (Å²) in [6.07, 6.45) is 4.43. The molecular formula is C35H38BrN3O7. The molecule has 4 heterocycles. The number of nitrogens with zero attached hydrogens (tertiary/aromatic N) is 2. The van der Waals surface area contributed by atoms with Gasteiger partial charge in [0, 0.05) is 23.1 Å². The van der Waals surface area contributed by atoms with Crippen molar-refractivity contribution in [3.05, 3.63) is 87.9 Å². The number of aliphatic hydroxyl groups excluding tert-OH is 1. The van der Waals surface area contributed by atoms with Gasteiger partial charge in [-0.25, -0.2) is 0 Å². The third-order valence-electron chi connectivity index (χ3n) is 9.44. The van der Waals surface area contributed by atoms with Crippen LogP contribution in [0.25, 0.3) is 0 Å². The van der Waals surface area contributed by atoms with Gasteiger partial charge in [0.05, 0.1) is 25.1 Å². The van der Waals surface area contributed by atoms with Crippen LogP contribution in [0.3, 0.4) is 0 Å². The molecule has 6 rings (SSSR count). The van der Waals surface area contributed by atoms with Crippen LogP contribution in [0.5, 0.6) is 0 Å². The summed E-state index contributed by atoms with van der Waals surface area (Å²) < 4.78 is 13.2. The Balaban J connectivity index is 1.48. The average molecular weight is 693 g/mol. The Bertz CT molecular complexity index is 1610. The lowest BCUT2D eigenvalue weighted by molar-refractivity contribution is -0.160. The number of rotatable bonds is 4. The number of allylic oxidation sites excluding steroid dienone is 1. The number of cyclic esters (lactones) is 1. The Labute approximate surface area is 276 Å². The summed E-state index contributed by atoms with van der Waals surface area (Å²) in [6.45, 7) is 5.37. The smallest absolute Gasteiger partial charge is 0.313 e. The van der Waals surface area contributed by atoms with Gasteiger partial charge in [-0.2, -0.15) is 0 Å². The maximum absolute atomic E-state index is 15.0. The molecule has 2 saturated heterocycles. The minimum absolute atomic E-state index is 0.0481. The molecule has 0 aromatic heterocycles. The van der Waals surface area contributed by atoms with Gasteiger partial charge in [-0.3, -0.25) is 19.2 Å². The van der Waals surface area contributed by atoms with E-state index in [9.17, 15) is 24.3 Å². The summed E-state index contributed by atoms with van der Waals surface area (Å²) in [5, 5.41) is 13.2. The maximum atomic E-state index is 15.0. The third kappa shape index (κ3) is 5.48. The number of benzene rings is 2. The summed E-state index contributed by atoms with van der Waals surface area (Å²) in [4.78, 5) is 59.4. The van der Waals surface area contributed by atoms with Crippen LogP contribution in [-0.4, -0.2) is 77.2 Å². The Morgan fingerprint density at radius 1 is 1.07 bits per heavy atom. The van der Waals surface area contributed by atoms with Crippen molar-refractivity contribution in [2.75, 3.05) is 24.6 Å². The summed E-state index contributed by atoms with van der Waals surface area (Å²) in [5.74, 6) is -3.85. The van der Waals surface area contributed by atoms with Gasteiger partial charge in [0.15, 0.2) is 0 Å². The summed E-state index contributed by atoms with van der Waals surface area (Å²) in [6, 6.07) is 13.0. The lowest BCUT2D eigenvalue weighted by Gasteiger charge is -2.38. The second kappa shape index (κ2) is 12.8. The van der Waals surface area contributed by atoms with Gasteiger partial charge in [0.2, 0.25) is 11.8 Å². The first kappa shape index (κ1) is 32.2. The number of halogens is 1. The second-order valence-corrected chi connectivity index (χ2v) is 13.4. The van der Waals surface area contributed by atoms with Crippen molar-refractivity contribution in [1.29, 1.82) is 0 Å². The minimum Gasteiger partial charge on any atom is -0.455 e. The molecule has 2 N–H and O–H groups in total. The first-order chi connectivity index (χ1) is 22.1. The van der Waals surface area contributed by atoms with Crippen molar-refractivity contribution in [3.63, 3.8) is 0 Å². The molecule has 2 fully saturated rings. The molecule has 0 unspecified atom stereocenters. The molecule has 10 nitrogen and oxygen atoms in total. The van der Waals surface area contributed by atoms with E-state index in [-0.39, 0.29) is 32.0 Å². The molecule has 46 heavy (non-hydrogen) atoms. The van der Waals surface area contributed by atoms with Crippen molar-refractivity contribution >= 4 is 45.3 Å². The molecule has 0 saturated carbocycles. The van der Waals surface area contributed by atoms with Gasteiger partial charge in [-0.1, -0.05) is 70.5 Å². The molecule has 4 aliphatic heterocycles. The number of nitrogens with one attached hydrogen (secondary N) is 1. The predicted octanol–water partition coefficient (Wildman–Crippen LogP) is 3.64. The number of amides is 3. The van der Waals surface area contributed by atoms with E-state index in [1.807, 2.05) is 74.5 Å². The third-order valence-corrected chi connectivity index (χ3v) is 10.1. The molecule has 2 aromatic carbocycles. The van der Waals surface area contributed by atoms with Crippen molar-refractivity contribution in [2.45, 2.75) is 63.5 Å². The first-order valence-electron chi connectivity index (χ1n) is 15.6. The normalized spacial score (nSPS) is 31.3. The molecular weight excluding hydrogens is 654 g/mol. The standard InChI is InChI=1S/C35H38BrN3O7/c1-20-13-14-21(2)25(16-20)38-15-9-5-8-12-27(41)37-18-26(23-10-6-4-7-11-23)45-34(44)28-29-32(42)39(22(3)19-40)31(33(38)43)35(29)17-24(36)30(28)46-35/h4-7,9-11,13-14,16-17,22,26,28-31,40H,8,12,15,18-19H2,1-3H3,(H,37,41)/b9-5-/t22-,26+,28+,29-,30+,31+,35-/m1/s1. The largest absolute Gasteiger partial charge is 0.455 e. The Morgan fingerprint density at radius 2 is 1.83 bits per heavy atom. The van der Waals surface area contributed by atoms with E-state index >= 15 is 0 Å². The number of aryl methyl sites for hydroxylation is 2. The van der Waals surface area contributed by atoms with Crippen LogP contribution in [0.15, 0.2) is 71.2 Å². The van der Waals surface area contributed by atoms with Crippen LogP contribution in [-0.2, 0) is 28.7 Å². The average Bonchev–Trinajstić information content (AvgIpc) is 3.64. The van der Waals surface area contributed by atoms with Crippen molar-refractivity contribution in [2.24, 2.45) is 11.8 Å². The number of carbonyl (C=O) groups is 4. The van der Waals surface area contributed by atoms with Crippen LogP contribution in [0.2, 0.25) is 0 Å². The number of hydrogen-bond acceptors (Lipinski definition) is 7. The number of fused-ring (bicyclic) bond motifs is 2. The lowest BCUT2D eigenvalue weighted by Crippen LogP contribution is -2.58. The molecule has 11 heteroatoms. The van der Waals surface area contributed by atoms with E-state index in [2.05, 4.69) is 21.2 Å². The highest BCUT2D eigenvalue weighted by molar-refractivity contribution is 9.11. The number of carbonyl (C=O) groups excluding carboxylic acids is 4. The maximum Gasteiger partial charge on any atom is 0.313 e. The fourth-order valence-corrected chi connectivity index (χ4v) is 7.89. The lowest BCUT2D eigenvalue weighted by atomic mass is 9.74. The van der Waals surface area contributed by atoms with Crippen molar-refractivity contribution in [3.8, 4) is 0 Å². The quantitative estimate of drug-likeness (QED) is 0.371. The van der Waals surface area contributed by atoms with E-state index in [1.54, 1.807) is 17.9 Å². The zero-order chi connectivity index (χ0) is 32.7. The van der Waals surface area contributed by atoms with E-state index < -0.39 is 59.5 Å². The molecule has 0 radical (unpaired) electrons. The van der Waals surface area contributed by atoms with Gasteiger partial charge >= 0.3 is 5.97 Å². The monoisotopic (exact) mass is 691 g/mol. The van der Waals surface area contributed by atoms with E-state index in [0.29, 0.717) is 22.2 Å². The topological polar surface area (TPSA) is 125 Å². The van der Waals surface area contributed by atoms with Crippen LogP contribution in [0.4, 0.5) is 5.69 Å². The molecule has 3 amide bonds. The molecule has 7 atom stereocenters. The zero-order valence-electron chi connectivity index (χ0n) is 26.0. The Hall–Kier alpha value is -3.80. The number of esters is 1. The van der Waals surface area contributed by atoms with Crippen LogP contribution in [0.1, 0.15) is 42.6 Å². The highest BCUT2D eigenvalue weighted by atomic mass is 79.9. The molecule has 1 spiro atoms. The first-order valence-corrected chi connectivity index (χ1v) is 16.4. The van der Waals surface area contributed by atoms with E-state index in [1.165, 1.54) is 4.90 Å². The zero-order valence-corrected chi connectivity index (χ0v) is 27.6. The molecule has 0 aliphatic carbocycles. The summed E-state index contributed by atoms with van der Waals surface area (Å²) >= 11 is 3.58. The second-order valence-electron chi connectivity index (χ2n) is 12.5. The number of hydrogen-bond donors (Lipinski definition) is 2. The predicted molar refractivity (Wildman–Crippen MR) is 174 cm³/mol. The fraction of sp³-hybridized carbons (Fsp3) is 0.429. The fourth-order valence-electron chi connectivity index (χ4n) is 7.15.